The summed E-state index contributed by atoms with van der Waals surface area (Å²) in [5, 5.41) is 5.52. The SMILES string of the molecule is C=C(/C=C\C(Br)=C/CC(C)(F)F)CN=C(N)N/C=C(\CC(F)(F)F)C(=C)NCC1CCC1. The summed E-state index contributed by atoms with van der Waals surface area (Å²) in [6, 6.07) is 0. The molecule has 0 spiro atoms. The van der Waals surface area contributed by atoms with Crippen LogP contribution in [0.25, 0.3) is 0 Å². The standard InChI is InChI=1S/C22H30BrF5N4/c1-15(7-8-19(23)9-10-21(3,24)25)12-31-20(29)32-14-18(11-22(26,27)28)16(2)30-13-17-5-4-6-17/h7-9,14,17,30H,1-2,4-6,10-13H2,3H3,(H3,29,31,32)/b8-7-,18-14+,19-9+. The lowest BCUT2D eigenvalue weighted by Gasteiger charge is -2.27. The monoisotopic (exact) mass is 524 g/mol. The Morgan fingerprint density at radius 2 is 1.84 bits per heavy atom. The number of hydrogen-bond donors (Lipinski definition) is 3. The zero-order chi connectivity index (χ0) is 24.4. The first-order valence-corrected chi connectivity index (χ1v) is 10.9. The van der Waals surface area contributed by atoms with Crippen LogP contribution in [0.1, 0.15) is 39.0 Å². The first-order valence-electron chi connectivity index (χ1n) is 10.1. The third-order valence-electron chi connectivity index (χ3n) is 4.59. The molecule has 0 bridgehead atoms. The molecule has 0 unspecified atom stereocenters. The predicted molar refractivity (Wildman–Crippen MR) is 123 cm³/mol. The van der Waals surface area contributed by atoms with Crippen molar-refractivity contribution in [3.05, 3.63) is 58.9 Å². The largest absolute Gasteiger partial charge is 0.393 e. The number of allylic oxidation sites excluding steroid dienone is 4. The van der Waals surface area contributed by atoms with Crippen molar-refractivity contribution in [1.29, 1.82) is 0 Å². The van der Waals surface area contributed by atoms with Crippen molar-refractivity contribution in [2.24, 2.45) is 16.6 Å². The van der Waals surface area contributed by atoms with Crippen molar-refractivity contribution >= 4 is 21.9 Å². The second kappa shape index (κ2) is 12.8. The summed E-state index contributed by atoms with van der Waals surface area (Å²) in [6.45, 7) is 8.97. The Labute approximate surface area is 194 Å². The highest BCUT2D eigenvalue weighted by molar-refractivity contribution is 9.11. The van der Waals surface area contributed by atoms with Crippen LogP contribution in [0.15, 0.2) is 63.9 Å². The van der Waals surface area contributed by atoms with Crippen molar-refractivity contribution in [3.8, 4) is 0 Å². The van der Waals surface area contributed by atoms with E-state index < -0.39 is 24.9 Å². The third-order valence-corrected chi connectivity index (χ3v) is 5.18. The average Bonchev–Trinajstić information content (AvgIpc) is 2.63. The molecule has 1 saturated carbocycles. The number of aliphatic imine (C=N–C) groups is 1. The van der Waals surface area contributed by atoms with Crippen LogP contribution in [-0.2, 0) is 0 Å². The number of halogens is 6. The molecule has 1 aliphatic carbocycles. The lowest BCUT2D eigenvalue weighted by atomic mass is 9.85. The molecular weight excluding hydrogens is 495 g/mol. The van der Waals surface area contributed by atoms with E-state index in [1.165, 1.54) is 6.08 Å². The zero-order valence-electron chi connectivity index (χ0n) is 18.0. The van der Waals surface area contributed by atoms with Crippen LogP contribution in [0, 0.1) is 5.92 Å². The fourth-order valence-corrected chi connectivity index (χ4v) is 2.82. The van der Waals surface area contributed by atoms with Gasteiger partial charge in [-0.1, -0.05) is 47.7 Å². The number of nitrogens with two attached hydrogens (primary N) is 1. The minimum atomic E-state index is -4.40. The molecule has 0 aliphatic heterocycles. The van der Waals surface area contributed by atoms with E-state index in [-0.39, 0.29) is 23.8 Å². The van der Waals surface area contributed by atoms with Crippen molar-refractivity contribution in [2.45, 2.75) is 51.1 Å². The molecule has 1 aliphatic rings. The molecular formula is C22H30BrF5N4. The van der Waals surface area contributed by atoms with Crippen LogP contribution in [0.4, 0.5) is 22.0 Å². The molecule has 0 heterocycles. The van der Waals surface area contributed by atoms with E-state index >= 15 is 0 Å². The number of rotatable bonds is 12. The summed E-state index contributed by atoms with van der Waals surface area (Å²) in [4.78, 5) is 4.01. The number of hydrogen-bond acceptors (Lipinski definition) is 2. The molecule has 0 atom stereocenters. The van der Waals surface area contributed by atoms with Gasteiger partial charge in [-0.15, -0.1) is 0 Å². The van der Waals surface area contributed by atoms with E-state index in [0.29, 0.717) is 22.5 Å². The summed E-state index contributed by atoms with van der Waals surface area (Å²) in [5.41, 5.74) is 6.39. The van der Waals surface area contributed by atoms with Crippen molar-refractivity contribution < 1.29 is 22.0 Å². The van der Waals surface area contributed by atoms with Gasteiger partial charge in [0.1, 0.15) is 0 Å². The molecule has 180 valence electrons. The van der Waals surface area contributed by atoms with E-state index in [1.54, 1.807) is 12.2 Å². The fraction of sp³-hybridized carbons (Fsp3) is 0.500. The van der Waals surface area contributed by atoms with Crippen LogP contribution in [0.2, 0.25) is 0 Å². The summed E-state index contributed by atoms with van der Waals surface area (Å²) < 4.78 is 64.9. The van der Waals surface area contributed by atoms with Gasteiger partial charge in [-0.25, -0.2) is 13.8 Å². The molecule has 1 fully saturated rings. The van der Waals surface area contributed by atoms with Crippen LogP contribution in [0.3, 0.4) is 0 Å². The van der Waals surface area contributed by atoms with Gasteiger partial charge in [-0.2, -0.15) is 13.2 Å². The Balaban J connectivity index is 2.63. The van der Waals surface area contributed by atoms with Gasteiger partial charge in [0.15, 0.2) is 5.96 Å². The van der Waals surface area contributed by atoms with Gasteiger partial charge in [0.2, 0.25) is 5.92 Å². The number of alkyl halides is 5. The van der Waals surface area contributed by atoms with E-state index in [9.17, 15) is 22.0 Å². The minimum Gasteiger partial charge on any atom is -0.385 e. The topological polar surface area (TPSA) is 62.4 Å². The molecule has 0 amide bonds. The molecule has 0 radical (unpaired) electrons. The molecule has 32 heavy (non-hydrogen) atoms. The molecule has 0 aromatic carbocycles. The van der Waals surface area contributed by atoms with Gasteiger partial charge >= 0.3 is 6.18 Å². The molecule has 0 saturated heterocycles. The fourth-order valence-electron chi connectivity index (χ4n) is 2.53. The summed E-state index contributed by atoms with van der Waals surface area (Å²) in [5.74, 6) is -2.43. The lowest BCUT2D eigenvalue weighted by molar-refractivity contribution is -0.126. The number of guanidine groups is 1. The third kappa shape index (κ3) is 13.3. The first kappa shape index (κ1) is 27.9. The second-order valence-electron chi connectivity index (χ2n) is 7.82. The maximum atomic E-state index is 12.9. The minimum absolute atomic E-state index is 0.0597. The highest BCUT2D eigenvalue weighted by Gasteiger charge is 2.30. The van der Waals surface area contributed by atoms with Gasteiger partial charge in [-0.05, 0) is 42.9 Å². The van der Waals surface area contributed by atoms with E-state index in [4.69, 9.17) is 5.73 Å². The van der Waals surface area contributed by atoms with E-state index in [0.717, 1.165) is 32.4 Å². The zero-order valence-corrected chi connectivity index (χ0v) is 19.6. The van der Waals surface area contributed by atoms with Gasteiger partial charge < -0.3 is 16.4 Å². The Kier molecular flexibility index (Phi) is 11.2. The normalized spacial score (nSPS) is 16.8. The van der Waals surface area contributed by atoms with Gasteiger partial charge in [0.05, 0.1) is 13.0 Å². The Morgan fingerprint density at radius 1 is 1.19 bits per heavy atom. The maximum Gasteiger partial charge on any atom is 0.393 e. The van der Waals surface area contributed by atoms with E-state index in [1.807, 2.05) is 0 Å². The molecule has 1 rings (SSSR count). The first-order chi connectivity index (χ1) is 14.7. The van der Waals surface area contributed by atoms with Crippen LogP contribution in [-0.4, -0.2) is 31.1 Å². The Morgan fingerprint density at radius 3 is 2.38 bits per heavy atom. The van der Waals surface area contributed by atoms with Crippen molar-refractivity contribution in [1.82, 2.24) is 10.6 Å². The lowest BCUT2D eigenvalue weighted by Crippen LogP contribution is -2.31. The molecule has 0 aromatic rings. The summed E-state index contributed by atoms with van der Waals surface area (Å²) in [7, 11) is 0. The quantitative estimate of drug-likeness (QED) is 0.126. The van der Waals surface area contributed by atoms with Gasteiger partial charge in [0, 0.05) is 29.3 Å². The molecule has 4 N–H and O–H groups in total. The number of nitrogens with zero attached hydrogens (tertiary/aromatic N) is 1. The molecule has 10 heteroatoms. The Hall–Kier alpha value is -2.10. The highest BCUT2D eigenvalue weighted by atomic mass is 79.9. The van der Waals surface area contributed by atoms with Crippen molar-refractivity contribution in [2.75, 3.05) is 13.1 Å². The smallest absolute Gasteiger partial charge is 0.385 e. The molecule has 0 aromatic heterocycles. The second-order valence-corrected chi connectivity index (χ2v) is 8.73. The van der Waals surface area contributed by atoms with E-state index in [2.05, 4.69) is 44.7 Å². The van der Waals surface area contributed by atoms with Crippen molar-refractivity contribution in [3.63, 3.8) is 0 Å². The highest BCUT2D eigenvalue weighted by Crippen LogP contribution is 2.28. The van der Waals surface area contributed by atoms with Gasteiger partial charge in [-0.3, -0.25) is 0 Å². The summed E-state index contributed by atoms with van der Waals surface area (Å²) >= 11 is 3.16. The average molecular weight is 525 g/mol. The molecule has 4 nitrogen and oxygen atoms in total. The number of nitrogens with one attached hydrogen (secondary N) is 2. The van der Waals surface area contributed by atoms with Gasteiger partial charge in [0.25, 0.3) is 0 Å². The predicted octanol–water partition coefficient (Wildman–Crippen LogP) is 6.07. The maximum absolute atomic E-state index is 12.9. The van der Waals surface area contributed by atoms with Crippen LogP contribution in [0.5, 0.6) is 0 Å². The summed E-state index contributed by atoms with van der Waals surface area (Å²) in [6.07, 6.45) is 2.90. The van der Waals surface area contributed by atoms with Crippen LogP contribution < -0.4 is 16.4 Å². The Bertz CT molecular complexity index is 772. The van der Waals surface area contributed by atoms with Crippen LogP contribution >= 0.6 is 15.9 Å².